The quantitative estimate of drug-likeness (QED) is 0.731. The van der Waals surface area contributed by atoms with Crippen molar-refractivity contribution in [3.63, 3.8) is 0 Å². The number of aromatic nitrogens is 2. The van der Waals surface area contributed by atoms with E-state index < -0.39 is 0 Å². The highest BCUT2D eigenvalue weighted by Gasteiger charge is 2.01. The molecule has 1 rings (SSSR count). The van der Waals surface area contributed by atoms with Crippen LogP contribution in [0.1, 0.15) is 44.6 Å². The summed E-state index contributed by atoms with van der Waals surface area (Å²) in [6.45, 7) is 7.33. The van der Waals surface area contributed by atoms with Crippen molar-refractivity contribution < 1.29 is 0 Å². The molecule has 0 aliphatic carbocycles. The number of unbranched alkanes of at least 4 members (excludes halogenated alkanes) is 1. The number of nitrogens with one attached hydrogen (secondary N) is 2. The zero-order valence-electron chi connectivity index (χ0n) is 9.43. The number of aryl methyl sites for hydroxylation is 1. The largest absolute Gasteiger partial charge is 0.345 e. The first kappa shape index (κ1) is 11.2. The number of aromatic amines is 1. The molecule has 0 aliphatic rings. The third-order valence-corrected chi connectivity index (χ3v) is 2.39. The first-order valence-electron chi connectivity index (χ1n) is 5.46. The van der Waals surface area contributed by atoms with Gasteiger partial charge in [-0.2, -0.15) is 0 Å². The van der Waals surface area contributed by atoms with E-state index in [4.69, 9.17) is 0 Å². The number of H-pyrrole nitrogens is 1. The van der Waals surface area contributed by atoms with E-state index in [2.05, 4.69) is 29.1 Å². The highest BCUT2D eigenvalue weighted by molar-refractivity contribution is 4.99. The first-order chi connectivity index (χ1) is 6.72. The summed E-state index contributed by atoms with van der Waals surface area (Å²) in [5.41, 5.74) is 1.17. The molecule has 0 aromatic carbocycles. The van der Waals surface area contributed by atoms with Gasteiger partial charge in [-0.1, -0.05) is 19.8 Å². The van der Waals surface area contributed by atoms with Gasteiger partial charge in [-0.15, -0.1) is 0 Å². The fourth-order valence-electron chi connectivity index (χ4n) is 1.46. The van der Waals surface area contributed by atoms with Crippen LogP contribution in [-0.2, 0) is 6.54 Å². The first-order valence-corrected chi connectivity index (χ1v) is 5.46. The molecular formula is C11H21N3. The average molecular weight is 195 g/mol. The highest BCUT2D eigenvalue weighted by atomic mass is 15.0. The maximum Gasteiger partial charge on any atom is 0.103 e. The number of hydrogen-bond donors (Lipinski definition) is 2. The van der Waals surface area contributed by atoms with E-state index in [0.717, 1.165) is 12.4 Å². The Balaban J connectivity index is 2.20. The van der Waals surface area contributed by atoms with Crippen molar-refractivity contribution in [3.8, 4) is 0 Å². The van der Waals surface area contributed by atoms with Crippen LogP contribution in [0, 0.1) is 6.92 Å². The number of nitrogens with zero attached hydrogens (tertiary/aromatic N) is 1. The fourth-order valence-corrected chi connectivity index (χ4v) is 1.46. The lowest BCUT2D eigenvalue weighted by molar-refractivity contribution is 0.492. The third-order valence-electron chi connectivity index (χ3n) is 2.39. The molecule has 1 aromatic rings. The SMILES string of the molecule is CCCCC(C)NCc1cnc(C)[nH]1. The second-order valence-corrected chi connectivity index (χ2v) is 3.92. The maximum absolute atomic E-state index is 4.16. The van der Waals surface area contributed by atoms with Gasteiger partial charge in [-0.05, 0) is 20.3 Å². The van der Waals surface area contributed by atoms with Crippen molar-refractivity contribution >= 4 is 0 Å². The third kappa shape index (κ3) is 3.92. The Morgan fingerprint density at radius 2 is 2.36 bits per heavy atom. The summed E-state index contributed by atoms with van der Waals surface area (Å²) in [5, 5.41) is 3.48. The van der Waals surface area contributed by atoms with Crippen molar-refractivity contribution in [2.75, 3.05) is 0 Å². The van der Waals surface area contributed by atoms with Crippen LogP contribution in [0.15, 0.2) is 6.20 Å². The Bertz CT molecular complexity index is 255. The smallest absolute Gasteiger partial charge is 0.103 e. The van der Waals surface area contributed by atoms with Crippen molar-refractivity contribution in [3.05, 3.63) is 17.7 Å². The van der Waals surface area contributed by atoms with Crippen molar-refractivity contribution in [1.82, 2.24) is 15.3 Å². The minimum Gasteiger partial charge on any atom is -0.345 e. The molecule has 0 radical (unpaired) electrons. The van der Waals surface area contributed by atoms with E-state index in [1.54, 1.807) is 0 Å². The van der Waals surface area contributed by atoms with E-state index in [9.17, 15) is 0 Å². The number of imidazole rings is 1. The molecule has 1 heterocycles. The van der Waals surface area contributed by atoms with Crippen LogP contribution in [0.2, 0.25) is 0 Å². The van der Waals surface area contributed by atoms with Crippen LogP contribution < -0.4 is 5.32 Å². The van der Waals surface area contributed by atoms with Crippen LogP contribution in [0.5, 0.6) is 0 Å². The summed E-state index contributed by atoms with van der Waals surface area (Å²) >= 11 is 0. The molecule has 0 saturated heterocycles. The van der Waals surface area contributed by atoms with E-state index in [1.807, 2.05) is 13.1 Å². The number of rotatable bonds is 6. The Labute approximate surface area is 86.3 Å². The summed E-state index contributed by atoms with van der Waals surface area (Å²) in [4.78, 5) is 7.38. The molecule has 14 heavy (non-hydrogen) atoms. The molecule has 2 N–H and O–H groups in total. The van der Waals surface area contributed by atoms with Crippen LogP contribution in [0.3, 0.4) is 0 Å². The topological polar surface area (TPSA) is 40.7 Å². The van der Waals surface area contributed by atoms with Gasteiger partial charge < -0.3 is 10.3 Å². The summed E-state index contributed by atoms with van der Waals surface area (Å²) in [6, 6.07) is 0.596. The van der Waals surface area contributed by atoms with Crippen molar-refractivity contribution in [2.24, 2.45) is 0 Å². The molecule has 0 fully saturated rings. The van der Waals surface area contributed by atoms with Gasteiger partial charge >= 0.3 is 0 Å². The van der Waals surface area contributed by atoms with Gasteiger partial charge in [0.2, 0.25) is 0 Å². The van der Waals surface area contributed by atoms with Gasteiger partial charge in [-0.25, -0.2) is 4.98 Å². The average Bonchev–Trinajstić information content (AvgIpc) is 2.58. The summed E-state index contributed by atoms with van der Waals surface area (Å²) in [7, 11) is 0. The molecule has 1 unspecified atom stereocenters. The normalized spacial score (nSPS) is 13.1. The molecule has 0 amide bonds. The number of hydrogen-bond acceptors (Lipinski definition) is 2. The predicted octanol–water partition coefficient (Wildman–Crippen LogP) is 2.39. The van der Waals surface area contributed by atoms with Crippen LogP contribution in [-0.4, -0.2) is 16.0 Å². The maximum atomic E-state index is 4.16. The molecular weight excluding hydrogens is 174 g/mol. The minimum absolute atomic E-state index is 0.596. The molecule has 0 bridgehead atoms. The van der Waals surface area contributed by atoms with Gasteiger partial charge in [0.15, 0.2) is 0 Å². The van der Waals surface area contributed by atoms with E-state index in [0.29, 0.717) is 6.04 Å². The molecule has 0 aliphatic heterocycles. The molecule has 1 aromatic heterocycles. The summed E-state index contributed by atoms with van der Waals surface area (Å²) in [5.74, 6) is 0.989. The fraction of sp³-hybridized carbons (Fsp3) is 0.727. The van der Waals surface area contributed by atoms with Crippen LogP contribution in [0.4, 0.5) is 0 Å². The molecule has 80 valence electrons. The predicted molar refractivity (Wildman–Crippen MR) is 59.2 cm³/mol. The van der Waals surface area contributed by atoms with Crippen LogP contribution >= 0.6 is 0 Å². The van der Waals surface area contributed by atoms with Gasteiger partial charge in [0, 0.05) is 24.5 Å². The van der Waals surface area contributed by atoms with Crippen molar-refractivity contribution in [2.45, 2.75) is 52.6 Å². The standard InChI is InChI=1S/C11H21N3/c1-4-5-6-9(2)12-7-11-8-13-10(3)14-11/h8-9,12H,4-7H2,1-3H3,(H,13,14). The molecule has 0 spiro atoms. The Hall–Kier alpha value is -0.830. The highest BCUT2D eigenvalue weighted by Crippen LogP contribution is 2.01. The molecule has 3 heteroatoms. The van der Waals surface area contributed by atoms with E-state index in [1.165, 1.54) is 25.0 Å². The Kier molecular flexibility index (Phi) is 4.66. The Morgan fingerprint density at radius 1 is 1.57 bits per heavy atom. The lowest BCUT2D eigenvalue weighted by atomic mass is 10.1. The van der Waals surface area contributed by atoms with Gasteiger partial charge in [0.05, 0.1) is 0 Å². The molecule has 3 nitrogen and oxygen atoms in total. The second-order valence-electron chi connectivity index (χ2n) is 3.92. The van der Waals surface area contributed by atoms with E-state index >= 15 is 0 Å². The van der Waals surface area contributed by atoms with Crippen LogP contribution in [0.25, 0.3) is 0 Å². The van der Waals surface area contributed by atoms with Gasteiger partial charge in [0.25, 0.3) is 0 Å². The lowest BCUT2D eigenvalue weighted by Gasteiger charge is -2.11. The van der Waals surface area contributed by atoms with Gasteiger partial charge in [-0.3, -0.25) is 0 Å². The zero-order chi connectivity index (χ0) is 10.4. The Morgan fingerprint density at radius 3 is 2.93 bits per heavy atom. The molecule has 0 saturated carbocycles. The second kappa shape index (κ2) is 5.81. The summed E-state index contributed by atoms with van der Waals surface area (Å²) in [6.07, 6.45) is 5.73. The minimum atomic E-state index is 0.596. The lowest BCUT2D eigenvalue weighted by Crippen LogP contribution is -2.25. The monoisotopic (exact) mass is 195 g/mol. The van der Waals surface area contributed by atoms with Crippen molar-refractivity contribution in [1.29, 1.82) is 0 Å². The molecule has 1 atom stereocenters. The van der Waals surface area contributed by atoms with Gasteiger partial charge in [0.1, 0.15) is 5.82 Å². The van der Waals surface area contributed by atoms with E-state index in [-0.39, 0.29) is 0 Å². The summed E-state index contributed by atoms with van der Waals surface area (Å²) < 4.78 is 0. The zero-order valence-corrected chi connectivity index (χ0v) is 9.43.